The van der Waals surface area contributed by atoms with E-state index in [4.69, 9.17) is 14.2 Å². The Bertz CT molecular complexity index is 1040. The van der Waals surface area contributed by atoms with Gasteiger partial charge >= 0.3 is 0 Å². The lowest BCUT2D eigenvalue weighted by molar-refractivity contribution is 0.229. The lowest BCUT2D eigenvalue weighted by atomic mass is 9.85. The number of hydrogen-bond acceptors (Lipinski definition) is 4. The zero-order valence-corrected chi connectivity index (χ0v) is 16.2. The fourth-order valence-electron chi connectivity index (χ4n) is 5.00. The number of fused-ring (bicyclic) bond motifs is 7. The molecule has 1 saturated heterocycles. The van der Waals surface area contributed by atoms with E-state index in [0.717, 1.165) is 30.2 Å². The molecule has 3 aromatic carbocycles. The Morgan fingerprint density at radius 1 is 0.815 bits per heavy atom. The van der Waals surface area contributed by atoms with E-state index >= 15 is 0 Å². The molecular formula is C23H25NO3. The zero-order chi connectivity index (χ0) is 18.5. The Hall–Kier alpha value is -2.46. The fourth-order valence-corrected chi connectivity index (χ4v) is 5.00. The Morgan fingerprint density at radius 2 is 1.56 bits per heavy atom. The van der Waals surface area contributed by atoms with Crippen molar-refractivity contribution in [2.24, 2.45) is 0 Å². The first kappa shape index (κ1) is 16.7. The van der Waals surface area contributed by atoms with Gasteiger partial charge in [0.2, 0.25) is 0 Å². The second kappa shape index (κ2) is 6.31. The molecular weight excluding hydrogens is 338 g/mol. The lowest BCUT2D eigenvalue weighted by Gasteiger charge is -2.33. The van der Waals surface area contributed by atoms with Crippen LogP contribution in [-0.4, -0.2) is 38.8 Å². The number of nitrogens with zero attached hydrogens (tertiary/aromatic N) is 1. The second-order valence-corrected chi connectivity index (χ2v) is 7.59. The van der Waals surface area contributed by atoms with E-state index < -0.39 is 0 Å². The van der Waals surface area contributed by atoms with Crippen molar-refractivity contribution in [3.8, 4) is 17.2 Å². The molecule has 0 bridgehead atoms. The molecule has 0 amide bonds. The molecule has 4 nitrogen and oxygen atoms in total. The third-order valence-corrected chi connectivity index (χ3v) is 6.36. The molecule has 2 aliphatic heterocycles. The van der Waals surface area contributed by atoms with Crippen LogP contribution >= 0.6 is 0 Å². The van der Waals surface area contributed by atoms with Crippen LogP contribution in [0.1, 0.15) is 24.0 Å². The Kier molecular flexibility index (Phi) is 3.90. The second-order valence-electron chi connectivity index (χ2n) is 7.59. The standard InChI is InChI=1S/C23H25NO3/c1-25-15-6-7-16-18(10-15)21-13-24-8-4-5-14(24)9-17(21)20-12-23(27-3)22(26-2)11-19(16)20/h6-7,10-12,14H,4-5,8-9,13H2,1-3H3. The minimum Gasteiger partial charge on any atom is -0.497 e. The van der Waals surface area contributed by atoms with E-state index in [2.05, 4.69) is 29.2 Å². The Labute approximate surface area is 159 Å². The summed E-state index contributed by atoms with van der Waals surface area (Å²) in [6.07, 6.45) is 3.70. The molecule has 1 atom stereocenters. The summed E-state index contributed by atoms with van der Waals surface area (Å²) >= 11 is 0. The first-order valence-corrected chi connectivity index (χ1v) is 9.64. The van der Waals surface area contributed by atoms with Crippen molar-refractivity contribution in [3.63, 3.8) is 0 Å². The monoisotopic (exact) mass is 363 g/mol. The lowest BCUT2D eigenvalue weighted by Crippen LogP contribution is -2.35. The largest absolute Gasteiger partial charge is 0.497 e. The molecule has 1 fully saturated rings. The van der Waals surface area contributed by atoms with Crippen LogP contribution in [0.2, 0.25) is 0 Å². The Balaban J connectivity index is 1.88. The van der Waals surface area contributed by atoms with Gasteiger partial charge in [0.25, 0.3) is 0 Å². The van der Waals surface area contributed by atoms with Crippen molar-refractivity contribution in [3.05, 3.63) is 41.5 Å². The van der Waals surface area contributed by atoms with Crippen LogP contribution < -0.4 is 14.2 Å². The molecule has 5 rings (SSSR count). The summed E-state index contributed by atoms with van der Waals surface area (Å²) < 4.78 is 16.7. The van der Waals surface area contributed by atoms with E-state index in [1.165, 1.54) is 52.1 Å². The highest BCUT2D eigenvalue weighted by Gasteiger charge is 2.32. The normalized spacial score (nSPS) is 19.1. The van der Waals surface area contributed by atoms with Crippen LogP contribution in [0.15, 0.2) is 30.3 Å². The summed E-state index contributed by atoms with van der Waals surface area (Å²) in [6.45, 7) is 2.23. The van der Waals surface area contributed by atoms with E-state index in [1.54, 1.807) is 21.3 Å². The molecule has 4 heteroatoms. The number of methoxy groups -OCH3 is 3. The van der Waals surface area contributed by atoms with E-state index in [9.17, 15) is 0 Å². The third-order valence-electron chi connectivity index (χ3n) is 6.36. The van der Waals surface area contributed by atoms with Crippen LogP contribution in [0.25, 0.3) is 21.5 Å². The van der Waals surface area contributed by atoms with Gasteiger partial charge in [-0.05, 0) is 82.7 Å². The molecule has 0 N–H and O–H groups in total. The van der Waals surface area contributed by atoms with Gasteiger partial charge in [0.05, 0.1) is 21.3 Å². The smallest absolute Gasteiger partial charge is 0.161 e. The zero-order valence-electron chi connectivity index (χ0n) is 16.2. The maximum Gasteiger partial charge on any atom is 0.161 e. The molecule has 0 aromatic heterocycles. The summed E-state index contributed by atoms with van der Waals surface area (Å²) in [5.41, 5.74) is 2.91. The SMILES string of the molecule is COc1ccc2c(c1)c1c(c3cc(OC)c(OC)cc32)CC2CCCN2C1. The number of rotatable bonds is 3. The van der Waals surface area contributed by atoms with Gasteiger partial charge in [-0.15, -0.1) is 0 Å². The maximum atomic E-state index is 5.62. The van der Waals surface area contributed by atoms with Gasteiger partial charge in [-0.25, -0.2) is 0 Å². The van der Waals surface area contributed by atoms with Crippen LogP contribution in [0.5, 0.6) is 17.2 Å². The Morgan fingerprint density at radius 3 is 2.30 bits per heavy atom. The van der Waals surface area contributed by atoms with E-state index in [0.29, 0.717) is 6.04 Å². The van der Waals surface area contributed by atoms with Crippen LogP contribution in [0.3, 0.4) is 0 Å². The number of ether oxygens (including phenoxy) is 3. The van der Waals surface area contributed by atoms with Crippen molar-refractivity contribution in [1.82, 2.24) is 4.90 Å². The van der Waals surface area contributed by atoms with Crippen molar-refractivity contribution in [2.75, 3.05) is 27.9 Å². The summed E-state index contributed by atoms with van der Waals surface area (Å²) in [7, 11) is 5.14. The molecule has 2 heterocycles. The van der Waals surface area contributed by atoms with Crippen molar-refractivity contribution < 1.29 is 14.2 Å². The van der Waals surface area contributed by atoms with Gasteiger partial charge in [0, 0.05) is 12.6 Å². The quantitative estimate of drug-likeness (QED) is 0.639. The first-order valence-electron chi connectivity index (χ1n) is 9.64. The first-order chi connectivity index (χ1) is 13.2. The predicted octanol–water partition coefficient (Wildman–Crippen LogP) is 4.54. The van der Waals surface area contributed by atoms with Crippen molar-refractivity contribution in [1.29, 1.82) is 0 Å². The molecule has 1 unspecified atom stereocenters. The number of benzene rings is 3. The van der Waals surface area contributed by atoms with Gasteiger partial charge in [0.15, 0.2) is 11.5 Å². The molecule has 3 aromatic rings. The average Bonchev–Trinajstić information content (AvgIpc) is 3.18. The number of hydrogen-bond donors (Lipinski definition) is 0. The van der Waals surface area contributed by atoms with Crippen LogP contribution in [-0.2, 0) is 13.0 Å². The maximum absolute atomic E-state index is 5.62. The summed E-state index contributed by atoms with van der Waals surface area (Å²) in [6, 6.07) is 11.4. The fraction of sp³-hybridized carbons (Fsp3) is 0.391. The molecule has 0 aliphatic carbocycles. The van der Waals surface area contributed by atoms with E-state index in [-0.39, 0.29) is 0 Å². The summed E-state index contributed by atoms with van der Waals surface area (Å²) in [5, 5.41) is 5.08. The highest BCUT2D eigenvalue weighted by atomic mass is 16.5. The summed E-state index contributed by atoms with van der Waals surface area (Å²) in [4.78, 5) is 2.65. The van der Waals surface area contributed by atoms with Gasteiger partial charge < -0.3 is 14.2 Å². The van der Waals surface area contributed by atoms with Gasteiger partial charge in [-0.2, -0.15) is 0 Å². The highest BCUT2D eigenvalue weighted by molar-refractivity contribution is 6.12. The molecule has 140 valence electrons. The molecule has 2 aliphatic rings. The van der Waals surface area contributed by atoms with Crippen LogP contribution in [0, 0.1) is 0 Å². The van der Waals surface area contributed by atoms with Crippen molar-refractivity contribution in [2.45, 2.75) is 31.8 Å². The topological polar surface area (TPSA) is 30.9 Å². The third kappa shape index (κ3) is 2.47. The molecule has 0 radical (unpaired) electrons. The predicted molar refractivity (Wildman–Crippen MR) is 108 cm³/mol. The average molecular weight is 363 g/mol. The van der Waals surface area contributed by atoms with Gasteiger partial charge in [-0.3, -0.25) is 4.90 Å². The molecule has 0 saturated carbocycles. The van der Waals surface area contributed by atoms with Gasteiger partial charge in [-0.1, -0.05) is 6.07 Å². The highest BCUT2D eigenvalue weighted by Crippen LogP contribution is 2.44. The summed E-state index contributed by atoms with van der Waals surface area (Å²) in [5.74, 6) is 2.49. The van der Waals surface area contributed by atoms with Crippen LogP contribution in [0.4, 0.5) is 0 Å². The molecule has 0 spiro atoms. The molecule has 27 heavy (non-hydrogen) atoms. The van der Waals surface area contributed by atoms with Crippen molar-refractivity contribution >= 4 is 21.5 Å². The van der Waals surface area contributed by atoms with E-state index in [1.807, 2.05) is 6.07 Å². The minimum absolute atomic E-state index is 0.664. The minimum atomic E-state index is 0.664. The van der Waals surface area contributed by atoms with Gasteiger partial charge in [0.1, 0.15) is 5.75 Å².